The lowest BCUT2D eigenvalue weighted by atomic mass is 10.1. The number of hydrogen-bond acceptors (Lipinski definition) is 2. The number of aryl methyl sites for hydroxylation is 1. The van der Waals surface area contributed by atoms with E-state index in [1.165, 1.54) is 28.7 Å². The summed E-state index contributed by atoms with van der Waals surface area (Å²) < 4.78 is 8.79. The fourth-order valence-corrected chi connectivity index (χ4v) is 3.34. The van der Waals surface area contributed by atoms with Crippen LogP contribution < -0.4 is 0 Å². The summed E-state index contributed by atoms with van der Waals surface area (Å²) in [7, 11) is 0. The highest BCUT2D eigenvalue weighted by Gasteiger charge is 2.25. The fraction of sp³-hybridized carbons (Fsp3) is 0.727. The topological polar surface area (TPSA) is 27.1 Å². The van der Waals surface area contributed by atoms with Crippen LogP contribution in [0.25, 0.3) is 0 Å². The molecule has 1 saturated heterocycles. The number of hydrogen-bond donors (Lipinski definition) is 0. The summed E-state index contributed by atoms with van der Waals surface area (Å²) in [6.45, 7) is 1.75. The van der Waals surface area contributed by atoms with E-state index in [0.717, 1.165) is 32.5 Å². The first kappa shape index (κ1) is 9.85. The van der Waals surface area contributed by atoms with E-state index in [1.54, 1.807) is 0 Å². The Morgan fingerprint density at radius 3 is 2.80 bits per heavy atom. The van der Waals surface area contributed by atoms with Crippen molar-refractivity contribution in [2.75, 3.05) is 13.2 Å². The van der Waals surface area contributed by atoms with Gasteiger partial charge in [0.15, 0.2) is 0 Å². The molecule has 1 aliphatic carbocycles. The fourth-order valence-electron chi connectivity index (χ4n) is 2.54. The predicted octanol–water partition coefficient (Wildman–Crippen LogP) is 2.49. The minimum Gasteiger partial charge on any atom is -0.381 e. The Kier molecular flexibility index (Phi) is 2.56. The van der Waals surface area contributed by atoms with Crippen molar-refractivity contribution in [2.24, 2.45) is 0 Å². The van der Waals surface area contributed by atoms with Gasteiger partial charge in [0.2, 0.25) is 0 Å². The summed E-state index contributed by atoms with van der Waals surface area (Å²) >= 11 is 3.70. The van der Waals surface area contributed by atoms with Crippen LogP contribution in [0.4, 0.5) is 0 Å². The zero-order chi connectivity index (χ0) is 10.3. The first-order valence-electron chi connectivity index (χ1n) is 5.70. The van der Waals surface area contributed by atoms with Gasteiger partial charge in [0, 0.05) is 18.8 Å². The standard InChI is InChI=1S/C11H15BrN2O/c12-11-9-2-1-3-10(9)13-14(11)8-4-6-15-7-5-8/h8H,1-7H2. The van der Waals surface area contributed by atoms with E-state index in [-0.39, 0.29) is 0 Å². The molecule has 2 heterocycles. The van der Waals surface area contributed by atoms with Crippen molar-refractivity contribution in [3.8, 4) is 0 Å². The van der Waals surface area contributed by atoms with Crippen molar-refractivity contribution >= 4 is 15.9 Å². The first-order chi connectivity index (χ1) is 7.36. The molecule has 1 aromatic rings. The van der Waals surface area contributed by atoms with Crippen molar-refractivity contribution in [3.63, 3.8) is 0 Å². The molecular formula is C11H15BrN2O. The van der Waals surface area contributed by atoms with Gasteiger partial charge in [0.1, 0.15) is 4.60 Å². The van der Waals surface area contributed by atoms with E-state index >= 15 is 0 Å². The second-order valence-electron chi connectivity index (χ2n) is 4.36. The molecule has 0 radical (unpaired) electrons. The molecule has 0 N–H and O–H groups in total. The molecule has 1 aromatic heterocycles. The number of ether oxygens (including phenoxy) is 1. The Balaban J connectivity index is 1.91. The van der Waals surface area contributed by atoms with Crippen LogP contribution in [0.15, 0.2) is 4.60 Å². The molecule has 0 atom stereocenters. The number of nitrogens with zero attached hydrogens (tertiary/aromatic N) is 2. The van der Waals surface area contributed by atoms with Crippen LogP contribution in [0, 0.1) is 0 Å². The minimum absolute atomic E-state index is 0.540. The maximum atomic E-state index is 5.38. The van der Waals surface area contributed by atoms with Crippen LogP contribution in [-0.2, 0) is 17.6 Å². The van der Waals surface area contributed by atoms with E-state index in [2.05, 4.69) is 20.6 Å². The lowest BCUT2D eigenvalue weighted by Crippen LogP contribution is -2.21. The van der Waals surface area contributed by atoms with Gasteiger partial charge in [0.05, 0.1) is 11.7 Å². The zero-order valence-electron chi connectivity index (χ0n) is 8.71. The number of aromatic nitrogens is 2. The van der Waals surface area contributed by atoms with Crippen LogP contribution in [0.3, 0.4) is 0 Å². The summed E-state index contributed by atoms with van der Waals surface area (Å²) in [6.07, 6.45) is 5.81. The molecule has 3 rings (SSSR count). The van der Waals surface area contributed by atoms with Gasteiger partial charge in [-0.2, -0.15) is 5.10 Å². The Bertz CT molecular complexity index is 369. The molecular weight excluding hydrogens is 256 g/mol. The predicted molar refractivity (Wildman–Crippen MR) is 61.0 cm³/mol. The van der Waals surface area contributed by atoms with Gasteiger partial charge < -0.3 is 4.74 Å². The number of halogens is 1. The third-order valence-electron chi connectivity index (χ3n) is 3.40. The van der Waals surface area contributed by atoms with Gasteiger partial charge >= 0.3 is 0 Å². The highest BCUT2D eigenvalue weighted by molar-refractivity contribution is 9.10. The lowest BCUT2D eigenvalue weighted by molar-refractivity contribution is 0.0654. The summed E-state index contributed by atoms with van der Waals surface area (Å²) in [5.74, 6) is 0. The molecule has 0 saturated carbocycles. The molecule has 0 amide bonds. The summed E-state index contributed by atoms with van der Waals surface area (Å²) in [6, 6.07) is 0.540. The van der Waals surface area contributed by atoms with Crippen molar-refractivity contribution in [2.45, 2.75) is 38.1 Å². The van der Waals surface area contributed by atoms with E-state index in [4.69, 9.17) is 9.84 Å². The molecule has 0 spiro atoms. The number of fused-ring (bicyclic) bond motifs is 1. The maximum absolute atomic E-state index is 5.38. The Morgan fingerprint density at radius 1 is 1.27 bits per heavy atom. The summed E-state index contributed by atoms with van der Waals surface area (Å²) in [4.78, 5) is 0. The quantitative estimate of drug-likeness (QED) is 0.784. The van der Waals surface area contributed by atoms with Crippen molar-refractivity contribution in [1.82, 2.24) is 9.78 Å². The number of rotatable bonds is 1. The third kappa shape index (κ3) is 1.64. The monoisotopic (exact) mass is 270 g/mol. The molecule has 1 aliphatic heterocycles. The Hall–Kier alpha value is -0.350. The van der Waals surface area contributed by atoms with Gasteiger partial charge in [0.25, 0.3) is 0 Å². The summed E-state index contributed by atoms with van der Waals surface area (Å²) in [5.41, 5.74) is 2.76. The highest BCUT2D eigenvalue weighted by Crippen LogP contribution is 2.33. The minimum atomic E-state index is 0.540. The molecule has 15 heavy (non-hydrogen) atoms. The van der Waals surface area contributed by atoms with E-state index < -0.39 is 0 Å². The van der Waals surface area contributed by atoms with Crippen LogP contribution >= 0.6 is 15.9 Å². The average molecular weight is 271 g/mol. The van der Waals surface area contributed by atoms with Crippen molar-refractivity contribution < 1.29 is 4.74 Å². The van der Waals surface area contributed by atoms with Crippen LogP contribution in [0.2, 0.25) is 0 Å². The van der Waals surface area contributed by atoms with E-state index in [0.29, 0.717) is 6.04 Å². The second kappa shape index (κ2) is 3.91. The largest absolute Gasteiger partial charge is 0.381 e. The van der Waals surface area contributed by atoms with E-state index in [9.17, 15) is 0 Å². The maximum Gasteiger partial charge on any atom is 0.107 e. The molecule has 0 aromatic carbocycles. The van der Waals surface area contributed by atoms with Gasteiger partial charge in [-0.1, -0.05) is 0 Å². The van der Waals surface area contributed by atoms with Gasteiger partial charge in [-0.05, 0) is 48.0 Å². The molecule has 2 aliphatic rings. The molecule has 0 unspecified atom stereocenters. The lowest BCUT2D eigenvalue weighted by Gasteiger charge is -2.23. The third-order valence-corrected chi connectivity index (χ3v) is 4.25. The van der Waals surface area contributed by atoms with Crippen molar-refractivity contribution in [3.05, 3.63) is 15.9 Å². The smallest absolute Gasteiger partial charge is 0.107 e. The first-order valence-corrected chi connectivity index (χ1v) is 6.49. The Morgan fingerprint density at radius 2 is 2.07 bits per heavy atom. The second-order valence-corrected chi connectivity index (χ2v) is 5.11. The summed E-state index contributed by atoms with van der Waals surface area (Å²) in [5, 5.41) is 4.73. The van der Waals surface area contributed by atoms with Gasteiger partial charge in [-0.15, -0.1) is 0 Å². The highest BCUT2D eigenvalue weighted by atomic mass is 79.9. The zero-order valence-corrected chi connectivity index (χ0v) is 10.3. The molecule has 0 bridgehead atoms. The molecule has 82 valence electrons. The Labute approximate surface area is 97.9 Å². The van der Waals surface area contributed by atoms with Gasteiger partial charge in [-0.25, -0.2) is 0 Å². The molecule has 3 nitrogen and oxygen atoms in total. The van der Waals surface area contributed by atoms with Crippen LogP contribution in [0.1, 0.15) is 36.6 Å². The van der Waals surface area contributed by atoms with Crippen molar-refractivity contribution in [1.29, 1.82) is 0 Å². The van der Waals surface area contributed by atoms with Crippen LogP contribution in [0.5, 0.6) is 0 Å². The average Bonchev–Trinajstić information content (AvgIpc) is 2.83. The SMILES string of the molecule is Brc1c2c(nn1C1CCOCC1)CCC2. The van der Waals surface area contributed by atoms with Gasteiger partial charge in [-0.3, -0.25) is 4.68 Å². The van der Waals surface area contributed by atoms with E-state index in [1.807, 2.05) is 0 Å². The van der Waals surface area contributed by atoms with Crippen LogP contribution in [-0.4, -0.2) is 23.0 Å². The molecule has 4 heteroatoms. The molecule has 1 fully saturated rings. The normalized spacial score (nSPS) is 21.9.